The predicted molar refractivity (Wildman–Crippen MR) is 125 cm³/mol. The summed E-state index contributed by atoms with van der Waals surface area (Å²) in [5, 5.41) is 2.34. The molecule has 1 heterocycles. The van der Waals surface area contributed by atoms with Crippen LogP contribution in [0.1, 0.15) is 35.2 Å². The molecule has 0 saturated carbocycles. The van der Waals surface area contributed by atoms with Crippen LogP contribution in [-0.2, 0) is 4.74 Å². The maximum Gasteiger partial charge on any atom is 0.337 e. The number of likely N-dealkylation sites (tertiary alicyclic amines) is 1. The molecule has 1 aliphatic rings. The van der Waals surface area contributed by atoms with Crippen LogP contribution in [0.15, 0.2) is 72.3 Å². The monoisotopic (exact) mass is 415 g/mol. The highest BCUT2D eigenvalue weighted by atomic mass is 16.5. The van der Waals surface area contributed by atoms with Crippen LogP contribution < -0.4 is 4.74 Å². The number of nitrogens with zero attached hydrogens (tertiary/aromatic N) is 1. The van der Waals surface area contributed by atoms with Crippen molar-refractivity contribution in [3.05, 3.63) is 83.4 Å². The van der Waals surface area contributed by atoms with Crippen molar-refractivity contribution < 1.29 is 14.3 Å². The molecule has 4 rings (SSSR count). The molecule has 0 aromatic heterocycles. The second kappa shape index (κ2) is 10.3. The minimum absolute atomic E-state index is 0.309. The molecule has 0 spiro atoms. The first-order valence-electron chi connectivity index (χ1n) is 10.9. The van der Waals surface area contributed by atoms with E-state index in [1.807, 2.05) is 42.5 Å². The Labute approximate surface area is 184 Å². The summed E-state index contributed by atoms with van der Waals surface area (Å²) in [5.74, 6) is 0.623. The Bertz CT molecular complexity index is 1040. The number of esters is 1. The van der Waals surface area contributed by atoms with Crippen LogP contribution in [0.25, 0.3) is 16.8 Å². The summed E-state index contributed by atoms with van der Waals surface area (Å²) in [6.07, 6.45) is 5.63. The predicted octanol–water partition coefficient (Wildman–Crippen LogP) is 5.57. The highest BCUT2D eigenvalue weighted by Crippen LogP contribution is 2.26. The van der Waals surface area contributed by atoms with Crippen LogP contribution in [-0.4, -0.2) is 44.2 Å². The van der Waals surface area contributed by atoms with E-state index >= 15 is 0 Å². The maximum atomic E-state index is 11.7. The fraction of sp³-hybridized carbons (Fsp3) is 0.296. The van der Waals surface area contributed by atoms with Gasteiger partial charge >= 0.3 is 5.97 Å². The fourth-order valence-corrected chi connectivity index (χ4v) is 4.11. The molecule has 0 atom stereocenters. The van der Waals surface area contributed by atoms with Crippen molar-refractivity contribution >= 4 is 22.8 Å². The number of hydrogen-bond acceptors (Lipinski definition) is 4. The summed E-state index contributed by atoms with van der Waals surface area (Å²) < 4.78 is 11.0. The molecule has 1 aliphatic heterocycles. The van der Waals surface area contributed by atoms with Gasteiger partial charge in [0.15, 0.2) is 0 Å². The summed E-state index contributed by atoms with van der Waals surface area (Å²) in [6, 6.07) is 22.1. The van der Waals surface area contributed by atoms with Crippen molar-refractivity contribution in [1.29, 1.82) is 0 Å². The molecule has 0 amide bonds. The van der Waals surface area contributed by atoms with E-state index in [0.29, 0.717) is 12.2 Å². The van der Waals surface area contributed by atoms with Gasteiger partial charge in [-0.15, -0.1) is 0 Å². The molecule has 0 radical (unpaired) electrons. The molecule has 0 aliphatic carbocycles. The topological polar surface area (TPSA) is 38.8 Å². The Hall–Kier alpha value is -3.11. The third-order valence-electron chi connectivity index (χ3n) is 5.76. The number of rotatable bonds is 8. The third kappa shape index (κ3) is 5.53. The Morgan fingerprint density at radius 2 is 1.71 bits per heavy atom. The number of hydrogen-bond donors (Lipinski definition) is 0. The first-order chi connectivity index (χ1) is 15.2. The van der Waals surface area contributed by atoms with Gasteiger partial charge in [-0.2, -0.15) is 0 Å². The summed E-state index contributed by atoms with van der Waals surface area (Å²) in [6.45, 7) is 3.90. The molecular formula is C27H29NO3. The van der Waals surface area contributed by atoms with Crippen LogP contribution in [0.3, 0.4) is 0 Å². The van der Waals surface area contributed by atoms with Crippen LogP contribution in [0, 0.1) is 0 Å². The standard InChI is InChI=1S/C27H29NO3/c1-30-27(29)24-13-11-21(12-14-24)19-22(20-28-16-4-5-17-28)15-18-31-26-10-6-8-23-7-2-3-9-25(23)26/h2-3,6-14,19H,4-5,15-18,20H2,1H3/b22-19-. The van der Waals surface area contributed by atoms with E-state index in [1.165, 1.54) is 30.9 Å². The molecule has 3 aromatic rings. The lowest BCUT2D eigenvalue weighted by molar-refractivity contribution is 0.0600. The van der Waals surface area contributed by atoms with Gasteiger partial charge in [0, 0.05) is 18.4 Å². The average molecular weight is 416 g/mol. The second-order valence-electron chi connectivity index (χ2n) is 7.98. The first-order valence-corrected chi connectivity index (χ1v) is 10.9. The number of carbonyl (C=O) groups is 1. The van der Waals surface area contributed by atoms with E-state index in [1.54, 1.807) is 0 Å². The Morgan fingerprint density at radius 3 is 2.48 bits per heavy atom. The number of fused-ring (bicyclic) bond motifs is 1. The van der Waals surface area contributed by atoms with Gasteiger partial charge in [0.2, 0.25) is 0 Å². The van der Waals surface area contributed by atoms with Crippen molar-refractivity contribution in [2.24, 2.45) is 0 Å². The third-order valence-corrected chi connectivity index (χ3v) is 5.76. The van der Waals surface area contributed by atoms with Crippen molar-refractivity contribution in [2.75, 3.05) is 33.4 Å². The number of benzene rings is 3. The summed E-state index contributed by atoms with van der Waals surface area (Å²) >= 11 is 0. The molecule has 4 heteroatoms. The van der Waals surface area contributed by atoms with Gasteiger partial charge in [-0.05, 0) is 55.1 Å². The lowest BCUT2D eigenvalue weighted by Crippen LogP contribution is -2.22. The first kappa shape index (κ1) is 21.1. The van der Waals surface area contributed by atoms with E-state index < -0.39 is 0 Å². The normalized spacial score (nSPS) is 14.7. The molecular weight excluding hydrogens is 386 g/mol. The summed E-state index contributed by atoms with van der Waals surface area (Å²) in [5.41, 5.74) is 3.00. The second-order valence-corrected chi connectivity index (χ2v) is 7.98. The van der Waals surface area contributed by atoms with Crippen molar-refractivity contribution in [1.82, 2.24) is 4.90 Å². The zero-order chi connectivity index (χ0) is 21.5. The molecule has 3 aromatic carbocycles. The van der Waals surface area contributed by atoms with Crippen LogP contribution >= 0.6 is 0 Å². The number of methoxy groups -OCH3 is 1. The van der Waals surface area contributed by atoms with Gasteiger partial charge in [-0.25, -0.2) is 4.79 Å². The number of ether oxygens (including phenoxy) is 2. The van der Waals surface area contributed by atoms with E-state index in [2.05, 4.69) is 35.2 Å². The Kier molecular flexibility index (Phi) is 7.00. The number of carbonyl (C=O) groups excluding carboxylic acids is 1. The molecule has 0 unspecified atom stereocenters. The van der Waals surface area contributed by atoms with Crippen LogP contribution in [0.5, 0.6) is 5.75 Å². The molecule has 31 heavy (non-hydrogen) atoms. The van der Waals surface area contributed by atoms with Gasteiger partial charge in [-0.1, -0.05) is 60.2 Å². The fourth-order valence-electron chi connectivity index (χ4n) is 4.11. The van der Waals surface area contributed by atoms with E-state index in [9.17, 15) is 4.79 Å². The summed E-state index contributed by atoms with van der Waals surface area (Å²) in [4.78, 5) is 14.2. The van der Waals surface area contributed by atoms with Gasteiger partial charge in [-0.3, -0.25) is 4.90 Å². The Balaban J connectivity index is 1.46. The van der Waals surface area contributed by atoms with Gasteiger partial charge < -0.3 is 9.47 Å². The van der Waals surface area contributed by atoms with Crippen molar-refractivity contribution in [2.45, 2.75) is 19.3 Å². The smallest absolute Gasteiger partial charge is 0.337 e. The van der Waals surface area contributed by atoms with Gasteiger partial charge in [0.25, 0.3) is 0 Å². The largest absolute Gasteiger partial charge is 0.493 e. The zero-order valence-electron chi connectivity index (χ0n) is 18.0. The lowest BCUT2D eigenvalue weighted by atomic mass is 10.1. The highest BCUT2D eigenvalue weighted by Gasteiger charge is 2.14. The average Bonchev–Trinajstić information content (AvgIpc) is 3.32. The molecule has 1 fully saturated rings. The lowest BCUT2D eigenvalue weighted by Gasteiger charge is -2.18. The minimum atomic E-state index is -0.309. The molecule has 160 valence electrons. The molecule has 0 N–H and O–H groups in total. The van der Waals surface area contributed by atoms with E-state index in [4.69, 9.17) is 9.47 Å². The Morgan fingerprint density at radius 1 is 0.968 bits per heavy atom. The molecule has 4 nitrogen and oxygen atoms in total. The van der Waals surface area contributed by atoms with Gasteiger partial charge in [0.05, 0.1) is 19.3 Å². The van der Waals surface area contributed by atoms with Crippen LogP contribution in [0.4, 0.5) is 0 Å². The minimum Gasteiger partial charge on any atom is -0.493 e. The SMILES string of the molecule is COC(=O)c1ccc(/C=C(/CCOc2cccc3ccccc23)CN2CCCC2)cc1. The van der Waals surface area contributed by atoms with E-state index in [-0.39, 0.29) is 5.97 Å². The van der Waals surface area contributed by atoms with Gasteiger partial charge in [0.1, 0.15) is 5.75 Å². The van der Waals surface area contributed by atoms with Crippen LogP contribution in [0.2, 0.25) is 0 Å². The highest BCUT2D eigenvalue weighted by molar-refractivity contribution is 5.89. The van der Waals surface area contributed by atoms with E-state index in [0.717, 1.165) is 42.8 Å². The maximum absolute atomic E-state index is 11.7. The summed E-state index contributed by atoms with van der Waals surface area (Å²) in [7, 11) is 1.40. The van der Waals surface area contributed by atoms with Crippen molar-refractivity contribution in [3.63, 3.8) is 0 Å². The zero-order valence-corrected chi connectivity index (χ0v) is 18.0. The molecule has 0 bridgehead atoms. The van der Waals surface area contributed by atoms with Crippen molar-refractivity contribution in [3.8, 4) is 5.75 Å². The molecule has 1 saturated heterocycles. The quantitative estimate of drug-likeness (QED) is 0.451.